The predicted octanol–water partition coefficient (Wildman–Crippen LogP) is 3.73. The first-order chi connectivity index (χ1) is 13.4. The van der Waals surface area contributed by atoms with Crippen LogP contribution in [0.4, 0.5) is 15.8 Å². The second-order valence-corrected chi connectivity index (χ2v) is 6.06. The lowest BCUT2D eigenvalue weighted by atomic mass is 10.0. The molecule has 0 fully saturated rings. The molecule has 0 spiro atoms. The van der Waals surface area contributed by atoms with Crippen molar-refractivity contribution in [1.29, 1.82) is 0 Å². The maximum Gasteiger partial charge on any atom is 0.340 e. The lowest BCUT2D eigenvalue weighted by Gasteiger charge is -2.12. The van der Waals surface area contributed by atoms with Crippen LogP contribution in [0.2, 0.25) is 0 Å². The molecule has 7 heteroatoms. The largest absolute Gasteiger partial charge is 0.452 e. The van der Waals surface area contributed by atoms with Gasteiger partial charge in [0.2, 0.25) is 5.91 Å². The first kappa shape index (κ1) is 19.0. The lowest BCUT2D eigenvalue weighted by molar-refractivity contribution is -0.119. The van der Waals surface area contributed by atoms with Gasteiger partial charge in [-0.3, -0.25) is 9.59 Å². The lowest BCUT2D eigenvalue weighted by Crippen LogP contribution is -2.21. The topological polar surface area (TPSA) is 84.5 Å². The van der Waals surface area contributed by atoms with Gasteiger partial charge in [-0.1, -0.05) is 30.3 Å². The van der Waals surface area contributed by atoms with Crippen molar-refractivity contribution in [3.05, 3.63) is 72.0 Å². The smallest absolute Gasteiger partial charge is 0.340 e. The molecule has 0 aliphatic carbocycles. The van der Waals surface area contributed by atoms with Gasteiger partial charge in [-0.2, -0.15) is 0 Å². The van der Waals surface area contributed by atoms with E-state index in [4.69, 9.17) is 4.74 Å². The molecule has 3 rings (SSSR count). The third-order valence-corrected chi connectivity index (χ3v) is 3.86. The molecule has 3 aromatic carbocycles. The van der Waals surface area contributed by atoms with E-state index in [2.05, 4.69) is 10.6 Å². The summed E-state index contributed by atoms with van der Waals surface area (Å²) in [5.74, 6) is -2.20. The molecule has 6 nitrogen and oxygen atoms in total. The maximum absolute atomic E-state index is 13.2. The van der Waals surface area contributed by atoms with Crippen LogP contribution in [0.1, 0.15) is 17.3 Å². The summed E-state index contributed by atoms with van der Waals surface area (Å²) in [6.45, 7) is 0.776. The van der Waals surface area contributed by atoms with E-state index in [1.54, 1.807) is 12.1 Å². The van der Waals surface area contributed by atoms with Gasteiger partial charge in [0.15, 0.2) is 6.61 Å². The molecule has 0 aromatic heterocycles. The fourth-order valence-electron chi connectivity index (χ4n) is 2.67. The van der Waals surface area contributed by atoms with Crippen LogP contribution >= 0.6 is 0 Å². The zero-order valence-corrected chi connectivity index (χ0v) is 15.0. The van der Waals surface area contributed by atoms with Crippen LogP contribution in [-0.4, -0.2) is 24.4 Å². The molecule has 0 unspecified atom stereocenters. The number of hydrogen-bond donors (Lipinski definition) is 2. The highest BCUT2D eigenvalue weighted by Gasteiger charge is 2.17. The van der Waals surface area contributed by atoms with E-state index in [0.717, 1.165) is 16.8 Å². The highest BCUT2D eigenvalue weighted by atomic mass is 19.1. The summed E-state index contributed by atoms with van der Waals surface area (Å²) in [5, 5.41) is 6.66. The second kappa shape index (κ2) is 8.30. The molecule has 0 aliphatic rings. The number of anilines is 2. The number of amides is 2. The van der Waals surface area contributed by atoms with E-state index in [9.17, 15) is 18.8 Å². The summed E-state index contributed by atoms with van der Waals surface area (Å²) in [4.78, 5) is 35.9. The monoisotopic (exact) mass is 380 g/mol. The van der Waals surface area contributed by atoms with Crippen molar-refractivity contribution in [1.82, 2.24) is 0 Å². The minimum absolute atomic E-state index is 0.132. The highest BCUT2D eigenvalue weighted by Crippen LogP contribution is 2.25. The Morgan fingerprint density at radius 1 is 0.929 bits per heavy atom. The molecule has 2 N–H and O–H groups in total. The Morgan fingerprint density at radius 3 is 2.32 bits per heavy atom. The molecular weight excluding hydrogens is 363 g/mol. The van der Waals surface area contributed by atoms with Crippen LogP contribution in [-0.2, 0) is 14.3 Å². The van der Waals surface area contributed by atoms with Gasteiger partial charge >= 0.3 is 5.97 Å². The van der Waals surface area contributed by atoms with Crippen molar-refractivity contribution in [2.45, 2.75) is 6.92 Å². The number of carbonyl (C=O) groups is 3. The van der Waals surface area contributed by atoms with Gasteiger partial charge in [-0.15, -0.1) is 0 Å². The zero-order valence-electron chi connectivity index (χ0n) is 15.0. The van der Waals surface area contributed by atoms with Crippen LogP contribution in [0.15, 0.2) is 60.7 Å². The number of esters is 1. The Hall–Kier alpha value is -3.74. The van der Waals surface area contributed by atoms with Crippen LogP contribution in [0.25, 0.3) is 10.8 Å². The van der Waals surface area contributed by atoms with Gasteiger partial charge in [0.05, 0.1) is 11.3 Å². The van der Waals surface area contributed by atoms with Crippen molar-refractivity contribution in [3.8, 4) is 0 Å². The molecule has 0 saturated carbocycles. The molecule has 0 aliphatic heterocycles. The van der Waals surface area contributed by atoms with Gasteiger partial charge in [-0.05, 0) is 41.1 Å². The average Bonchev–Trinajstić information content (AvgIpc) is 2.65. The average molecular weight is 380 g/mol. The van der Waals surface area contributed by atoms with Gasteiger partial charge in [-0.25, -0.2) is 9.18 Å². The van der Waals surface area contributed by atoms with Gasteiger partial charge < -0.3 is 15.4 Å². The Labute approximate surface area is 160 Å². The van der Waals surface area contributed by atoms with E-state index in [1.165, 1.54) is 25.1 Å². The van der Waals surface area contributed by atoms with E-state index in [0.29, 0.717) is 5.69 Å². The third kappa shape index (κ3) is 4.70. The van der Waals surface area contributed by atoms with Gasteiger partial charge in [0, 0.05) is 12.6 Å². The fourth-order valence-corrected chi connectivity index (χ4v) is 2.67. The summed E-state index contributed by atoms with van der Waals surface area (Å²) < 4.78 is 18.2. The number of ether oxygens (including phenoxy) is 1. The first-order valence-electron chi connectivity index (χ1n) is 8.45. The van der Waals surface area contributed by atoms with Crippen LogP contribution in [0.5, 0.6) is 0 Å². The molecule has 0 atom stereocenters. The molecule has 0 bridgehead atoms. The second-order valence-electron chi connectivity index (χ2n) is 6.06. The number of fused-ring (bicyclic) bond motifs is 1. The number of benzene rings is 3. The van der Waals surface area contributed by atoms with E-state index < -0.39 is 24.3 Å². The molecule has 28 heavy (non-hydrogen) atoms. The molecular formula is C21H17FN2O4. The van der Waals surface area contributed by atoms with Gasteiger partial charge in [0.1, 0.15) is 5.82 Å². The minimum atomic E-state index is -0.760. The summed E-state index contributed by atoms with van der Waals surface area (Å²) in [6, 6.07) is 16.0. The Morgan fingerprint density at radius 2 is 1.64 bits per heavy atom. The third-order valence-electron chi connectivity index (χ3n) is 3.86. The molecule has 0 radical (unpaired) electrons. The van der Waals surface area contributed by atoms with E-state index >= 15 is 0 Å². The Kier molecular flexibility index (Phi) is 5.64. The fraction of sp³-hybridized carbons (Fsp3) is 0.0952. The standard InChI is InChI=1S/C21H17FN2O4/c1-13(25)23-19-10-15-6-3-2-5-14(15)9-18(19)21(27)28-12-20(26)24-17-8-4-7-16(22)11-17/h2-11H,12H2,1H3,(H,23,25)(H,24,26). The number of hydrogen-bond acceptors (Lipinski definition) is 4. The number of rotatable bonds is 5. The highest BCUT2D eigenvalue weighted by molar-refractivity contribution is 6.06. The van der Waals surface area contributed by atoms with E-state index in [-0.39, 0.29) is 17.2 Å². The van der Waals surface area contributed by atoms with Crippen LogP contribution < -0.4 is 10.6 Å². The Balaban J connectivity index is 1.74. The van der Waals surface area contributed by atoms with Crippen LogP contribution in [0.3, 0.4) is 0 Å². The van der Waals surface area contributed by atoms with Gasteiger partial charge in [0.25, 0.3) is 5.91 Å². The quantitative estimate of drug-likeness (QED) is 0.661. The summed E-state index contributed by atoms with van der Waals surface area (Å²) in [6.07, 6.45) is 0. The van der Waals surface area contributed by atoms with E-state index in [1.807, 2.05) is 24.3 Å². The number of nitrogens with one attached hydrogen (secondary N) is 2. The van der Waals surface area contributed by atoms with Crippen molar-refractivity contribution in [3.63, 3.8) is 0 Å². The molecule has 3 aromatic rings. The zero-order chi connectivity index (χ0) is 20.1. The minimum Gasteiger partial charge on any atom is -0.452 e. The normalized spacial score (nSPS) is 10.4. The predicted molar refractivity (Wildman–Crippen MR) is 104 cm³/mol. The van der Waals surface area contributed by atoms with Crippen molar-refractivity contribution in [2.24, 2.45) is 0 Å². The maximum atomic E-state index is 13.2. The molecule has 142 valence electrons. The number of halogens is 1. The summed E-state index contributed by atoms with van der Waals surface area (Å²) in [5.41, 5.74) is 0.680. The number of carbonyl (C=O) groups excluding carboxylic acids is 3. The first-order valence-corrected chi connectivity index (χ1v) is 8.45. The SMILES string of the molecule is CC(=O)Nc1cc2ccccc2cc1C(=O)OCC(=O)Nc1cccc(F)c1. The molecule has 0 heterocycles. The molecule has 2 amide bonds. The van der Waals surface area contributed by atoms with Crippen molar-refractivity contribution in [2.75, 3.05) is 17.2 Å². The summed E-state index contributed by atoms with van der Waals surface area (Å²) in [7, 11) is 0. The van der Waals surface area contributed by atoms with Crippen LogP contribution in [0, 0.1) is 5.82 Å². The van der Waals surface area contributed by atoms with Crippen molar-refractivity contribution >= 4 is 39.9 Å². The molecule has 0 saturated heterocycles. The summed E-state index contributed by atoms with van der Waals surface area (Å²) >= 11 is 0. The Bertz CT molecular complexity index is 1070. The van der Waals surface area contributed by atoms with Crippen molar-refractivity contribution < 1.29 is 23.5 Å².